The zero-order valence-electron chi connectivity index (χ0n) is 13.3. The third kappa shape index (κ3) is 4.38. The average Bonchev–Trinajstić information content (AvgIpc) is 2.40. The molecule has 2 aliphatic carbocycles. The van der Waals surface area contributed by atoms with Crippen molar-refractivity contribution < 1.29 is 4.79 Å². The van der Waals surface area contributed by atoms with E-state index in [-0.39, 0.29) is 5.92 Å². The minimum Gasteiger partial charge on any atom is -0.353 e. The minimum atomic E-state index is 0.252. The van der Waals surface area contributed by atoms with E-state index in [1.165, 1.54) is 12.8 Å². The second kappa shape index (κ2) is 6.68. The van der Waals surface area contributed by atoms with Gasteiger partial charge in [-0.1, -0.05) is 20.8 Å². The third-order valence-electron chi connectivity index (χ3n) is 5.33. The maximum Gasteiger partial charge on any atom is 0.223 e. The van der Waals surface area contributed by atoms with Crippen molar-refractivity contribution in [3.05, 3.63) is 0 Å². The van der Waals surface area contributed by atoms with Crippen molar-refractivity contribution in [2.24, 2.45) is 17.3 Å². The van der Waals surface area contributed by atoms with Gasteiger partial charge in [0.2, 0.25) is 5.91 Å². The lowest BCUT2D eigenvalue weighted by Gasteiger charge is -2.37. The molecule has 0 atom stereocenters. The fraction of sp³-hybridized carbons (Fsp3) is 0.941. The van der Waals surface area contributed by atoms with Crippen molar-refractivity contribution >= 4 is 17.5 Å². The van der Waals surface area contributed by atoms with Crippen LogP contribution in [-0.2, 0) is 4.79 Å². The molecule has 0 radical (unpaired) electrons. The smallest absolute Gasteiger partial charge is 0.223 e. The van der Waals surface area contributed by atoms with Crippen molar-refractivity contribution in [2.45, 2.75) is 83.6 Å². The van der Waals surface area contributed by atoms with Crippen LogP contribution in [0.25, 0.3) is 0 Å². The van der Waals surface area contributed by atoms with E-state index in [2.05, 4.69) is 26.1 Å². The summed E-state index contributed by atoms with van der Waals surface area (Å²) < 4.78 is 0. The summed E-state index contributed by atoms with van der Waals surface area (Å²) in [5.74, 6) is 1.33. The Kier molecular flexibility index (Phi) is 5.39. The lowest BCUT2D eigenvalue weighted by Crippen LogP contribution is -2.42. The van der Waals surface area contributed by atoms with Crippen LogP contribution in [0.1, 0.15) is 72.1 Å². The first kappa shape index (κ1) is 16.1. The number of hydrogen-bond donors (Lipinski definition) is 1. The van der Waals surface area contributed by atoms with Crippen molar-refractivity contribution in [1.82, 2.24) is 5.32 Å². The summed E-state index contributed by atoms with van der Waals surface area (Å²) in [6, 6.07) is 0.373. The van der Waals surface area contributed by atoms with Gasteiger partial charge in [0, 0.05) is 17.3 Å². The second-order valence-electron chi connectivity index (χ2n) is 7.87. The topological polar surface area (TPSA) is 29.1 Å². The number of rotatable bonds is 2. The number of alkyl halides is 1. The van der Waals surface area contributed by atoms with E-state index in [1.54, 1.807) is 0 Å². The van der Waals surface area contributed by atoms with Crippen LogP contribution in [0.3, 0.4) is 0 Å². The molecule has 20 heavy (non-hydrogen) atoms. The molecule has 0 aromatic carbocycles. The van der Waals surface area contributed by atoms with Gasteiger partial charge in [0.15, 0.2) is 0 Å². The third-order valence-corrected chi connectivity index (χ3v) is 5.76. The zero-order valence-corrected chi connectivity index (χ0v) is 14.0. The van der Waals surface area contributed by atoms with Crippen LogP contribution in [0.15, 0.2) is 0 Å². The molecule has 2 saturated carbocycles. The molecule has 116 valence electrons. The molecule has 2 nitrogen and oxygen atoms in total. The summed E-state index contributed by atoms with van der Waals surface area (Å²) in [5, 5.41) is 3.59. The zero-order chi connectivity index (χ0) is 14.8. The van der Waals surface area contributed by atoms with E-state index in [9.17, 15) is 4.79 Å². The molecule has 0 heterocycles. The van der Waals surface area contributed by atoms with Crippen LogP contribution < -0.4 is 5.32 Å². The lowest BCUT2D eigenvalue weighted by molar-refractivity contribution is -0.127. The number of nitrogens with one attached hydrogen (secondary N) is 1. The van der Waals surface area contributed by atoms with Crippen LogP contribution in [0.5, 0.6) is 0 Å². The highest BCUT2D eigenvalue weighted by molar-refractivity contribution is 6.20. The molecule has 1 N–H and O–H groups in total. The largest absolute Gasteiger partial charge is 0.353 e. The Balaban J connectivity index is 1.75. The van der Waals surface area contributed by atoms with Gasteiger partial charge < -0.3 is 5.32 Å². The Hall–Kier alpha value is -0.240. The average molecular weight is 300 g/mol. The summed E-state index contributed by atoms with van der Waals surface area (Å²) in [6.07, 6.45) is 8.74. The molecular weight excluding hydrogens is 270 g/mol. The Morgan fingerprint density at radius 2 is 1.50 bits per heavy atom. The molecule has 0 unspecified atom stereocenters. The number of carbonyl (C=O) groups excluding carboxylic acids is 1. The quantitative estimate of drug-likeness (QED) is 0.747. The number of amides is 1. The highest BCUT2D eigenvalue weighted by Crippen LogP contribution is 2.39. The van der Waals surface area contributed by atoms with Crippen molar-refractivity contribution in [3.8, 4) is 0 Å². The predicted molar refractivity (Wildman–Crippen MR) is 84.9 cm³/mol. The van der Waals surface area contributed by atoms with E-state index in [0.29, 0.717) is 22.7 Å². The van der Waals surface area contributed by atoms with Gasteiger partial charge in [-0.25, -0.2) is 0 Å². The van der Waals surface area contributed by atoms with Gasteiger partial charge in [-0.15, -0.1) is 11.6 Å². The van der Waals surface area contributed by atoms with Crippen LogP contribution in [-0.4, -0.2) is 17.3 Å². The lowest BCUT2D eigenvalue weighted by atomic mass is 9.69. The van der Waals surface area contributed by atoms with E-state index in [0.717, 1.165) is 44.4 Å². The first-order chi connectivity index (χ1) is 9.36. The number of hydrogen-bond acceptors (Lipinski definition) is 1. The Bertz CT molecular complexity index is 320. The highest BCUT2D eigenvalue weighted by atomic mass is 35.5. The van der Waals surface area contributed by atoms with Crippen LogP contribution in [0.4, 0.5) is 0 Å². The molecule has 0 bridgehead atoms. The Morgan fingerprint density at radius 3 is 2.00 bits per heavy atom. The first-order valence-electron chi connectivity index (χ1n) is 8.30. The van der Waals surface area contributed by atoms with Crippen LogP contribution in [0, 0.1) is 17.3 Å². The molecular formula is C17H30ClNO. The van der Waals surface area contributed by atoms with Gasteiger partial charge in [-0.05, 0) is 62.7 Å². The fourth-order valence-corrected chi connectivity index (χ4v) is 3.99. The Labute approximate surface area is 129 Å². The highest BCUT2D eigenvalue weighted by Gasteiger charge is 2.33. The molecule has 2 aliphatic rings. The number of carbonyl (C=O) groups is 1. The van der Waals surface area contributed by atoms with Gasteiger partial charge in [0.05, 0.1) is 0 Å². The standard InChI is InChI=1S/C17H30ClNO/c1-17(2,3)13-6-4-12(5-7-13)16(20)19-15-10-8-14(18)9-11-15/h12-15H,4-11H2,1-3H3,(H,19,20). The molecule has 0 aromatic heterocycles. The van der Waals surface area contributed by atoms with Crippen molar-refractivity contribution in [1.29, 1.82) is 0 Å². The summed E-state index contributed by atoms with van der Waals surface area (Å²) >= 11 is 6.11. The van der Waals surface area contributed by atoms with Gasteiger partial charge >= 0.3 is 0 Å². The van der Waals surface area contributed by atoms with Gasteiger partial charge in [-0.2, -0.15) is 0 Å². The number of halogens is 1. The SMILES string of the molecule is CC(C)(C)C1CCC(C(=O)NC2CCC(Cl)CC2)CC1. The van der Waals surface area contributed by atoms with Crippen molar-refractivity contribution in [2.75, 3.05) is 0 Å². The summed E-state index contributed by atoms with van der Waals surface area (Å²) in [7, 11) is 0. The molecule has 3 heteroatoms. The van der Waals surface area contributed by atoms with E-state index in [4.69, 9.17) is 11.6 Å². The van der Waals surface area contributed by atoms with Crippen LogP contribution >= 0.6 is 11.6 Å². The van der Waals surface area contributed by atoms with Crippen LogP contribution in [0.2, 0.25) is 0 Å². The summed E-state index contributed by atoms with van der Waals surface area (Å²) in [4.78, 5) is 12.4. The summed E-state index contributed by atoms with van der Waals surface area (Å²) in [6.45, 7) is 6.97. The molecule has 0 aromatic rings. The molecule has 1 amide bonds. The van der Waals surface area contributed by atoms with Gasteiger partial charge in [0.25, 0.3) is 0 Å². The van der Waals surface area contributed by atoms with Gasteiger partial charge in [-0.3, -0.25) is 4.79 Å². The van der Waals surface area contributed by atoms with E-state index >= 15 is 0 Å². The maximum absolute atomic E-state index is 12.4. The molecule has 2 rings (SSSR count). The normalized spacial score (nSPS) is 35.6. The first-order valence-corrected chi connectivity index (χ1v) is 8.74. The predicted octanol–water partition coefficient (Wildman–Crippen LogP) is 4.51. The van der Waals surface area contributed by atoms with Gasteiger partial charge in [0.1, 0.15) is 0 Å². The molecule has 0 spiro atoms. The van der Waals surface area contributed by atoms with Crippen molar-refractivity contribution in [3.63, 3.8) is 0 Å². The minimum absolute atomic E-state index is 0.252. The monoisotopic (exact) mass is 299 g/mol. The molecule has 2 fully saturated rings. The van der Waals surface area contributed by atoms with E-state index < -0.39 is 0 Å². The molecule has 0 saturated heterocycles. The molecule has 0 aliphatic heterocycles. The second-order valence-corrected chi connectivity index (χ2v) is 8.49. The Morgan fingerprint density at radius 1 is 0.950 bits per heavy atom. The maximum atomic E-state index is 12.4. The fourth-order valence-electron chi connectivity index (χ4n) is 3.74. The van der Waals surface area contributed by atoms with E-state index in [1.807, 2.05) is 0 Å². The summed E-state index contributed by atoms with van der Waals surface area (Å²) in [5.41, 5.74) is 0.389.